The summed E-state index contributed by atoms with van der Waals surface area (Å²) in [4.78, 5) is 12.3. The number of aromatic nitrogens is 1. The highest BCUT2D eigenvalue weighted by atomic mass is 16.5. The number of benzene rings is 2. The van der Waals surface area contributed by atoms with Crippen molar-refractivity contribution in [2.45, 2.75) is 6.42 Å². The second kappa shape index (κ2) is 8.94. The summed E-state index contributed by atoms with van der Waals surface area (Å²) in [5.41, 5.74) is 2.45. The lowest BCUT2D eigenvalue weighted by Crippen LogP contribution is -2.25. The van der Waals surface area contributed by atoms with Crippen LogP contribution in [-0.2, 0) is 6.42 Å². The van der Waals surface area contributed by atoms with Crippen LogP contribution in [0.25, 0.3) is 11.3 Å². The van der Waals surface area contributed by atoms with Crippen LogP contribution >= 0.6 is 0 Å². The van der Waals surface area contributed by atoms with Gasteiger partial charge in [0.05, 0.1) is 21.3 Å². The van der Waals surface area contributed by atoms with Crippen molar-refractivity contribution in [3.63, 3.8) is 0 Å². The molecule has 0 aliphatic rings. The van der Waals surface area contributed by atoms with Gasteiger partial charge in [0.25, 0.3) is 5.91 Å². The van der Waals surface area contributed by atoms with E-state index in [0.29, 0.717) is 30.2 Å². The molecule has 7 nitrogen and oxygen atoms in total. The molecular formula is C21H22N2O5. The van der Waals surface area contributed by atoms with Gasteiger partial charge in [-0.15, -0.1) is 0 Å². The van der Waals surface area contributed by atoms with E-state index in [0.717, 1.165) is 16.9 Å². The molecule has 146 valence electrons. The Hall–Kier alpha value is -3.48. The summed E-state index contributed by atoms with van der Waals surface area (Å²) in [5.74, 6) is 1.93. The van der Waals surface area contributed by atoms with E-state index in [-0.39, 0.29) is 11.7 Å². The van der Waals surface area contributed by atoms with Crippen molar-refractivity contribution < 1.29 is 23.5 Å². The third-order valence-corrected chi connectivity index (χ3v) is 4.27. The van der Waals surface area contributed by atoms with E-state index in [4.69, 9.17) is 18.7 Å². The zero-order valence-electron chi connectivity index (χ0n) is 16.0. The minimum Gasteiger partial charge on any atom is -0.497 e. The molecule has 0 atom stereocenters. The Morgan fingerprint density at radius 3 is 2.39 bits per heavy atom. The summed E-state index contributed by atoms with van der Waals surface area (Å²) in [6.07, 6.45) is 0.644. The molecule has 3 rings (SSSR count). The van der Waals surface area contributed by atoms with E-state index in [1.165, 1.54) is 0 Å². The van der Waals surface area contributed by atoms with Crippen molar-refractivity contribution in [2.75, 3.05) is 27.9 Å². The Labute approximate surface area is 163 Å². The Balaban J connectivity index is 1.57. The number of hydrogen-bond acceptors (Lipinski definition) is 6. The zero-order valence-corrected chi connectivity index (χ0v) is 16.0. The van der Waals surface area contributed by atoms with E-state index in [2.05, 4.69) is 10.5 Å². The number of carbonyl (C=O) groups excluding carboxylic acids is 1. The molecule has 0 aliphatic heterocycles. The van der Waals surface area contributed by atoms with Crippen LogP contribution in [0.2, 0.25) is 0 Å². The van der Waals surface area contributed by atoms with Crippen LogP contribution in [0.3, 0.4) is 0 Å². The molecule has 0 saturated heterocycles. The molecule has 1 N–H and O–H groups in total. The lowest BCUT2D eigenvalue weighted by Gasteiger charge is -2.09. The first-order valence-corrected chi connectivity index (χ1v) is 8.75. The normalized spacial score (nSPS) is 10.4. The number of carbonyl (C=O) groups is 1. The zero-order chi connectivity index (χ0) is 19.9. The minimum absolute atomic E-state index is 0.165. The molecule has 1 aromatic heterocycles. The average molecular weight is 382 g/mol. The van der Waals surface area contributed by atoms with Crippen LogP contribution < -0.4 is 19.5 Å². The maximum atomic E-state index is 12.3. The van der Waals surface area contributed by atoms with Gasteiger partial charge in [0.15, 0.2) is 11.5 Å². The number of rotatable bonds is 8. The van der Waals surface area contributed by atoms with Crippen LogP contribution in [0.4, 0.5) is 0 Å². The first kappa shape index (κ1) is 19.3. The Morgan fingerprint density at radius 2 is 1.71 bits per heavy atom. The molecule has 0 spiro atoms. The minimum atomic E-state index is -0.312. The molecule has 1 amide bonds. The highest BCUT2D eigenvalue weighted by molar-refractivity contribution is 5.92. The van der Waals surface area contributed by atoms with E-state index < -0.39 is 0 Å². The summed E-state index contributed by atoms with van der Waals surface area (Å²) < 4.78 is 20.8. The summed E-state index contributed by atoms with van der Waals surface area (Å²) in [6.45, 7) is 0.451. The summed E-state index contributed by atoms with van der Waals surface area (Å²) in [6, 6.07) is 14.6. The fourth-order valence-corrected chi connectivity index (χ4v) is 2.72. The molecule has 0 radical (unpaired) electrons. The van der Waals surface area contributed by atoms with E-state index in [1.54, 1.807) is 27.4 Å². The third-order valence-electron chi connectivity index (χ3n) is 4.27. The number of hydrogen-bond donors (Lipinski definition) is 1. The topological polar surface area (TPSA) is 82.8 Å². The number of methoxy groups -OCH3 is 3. The van der Waals surface area contributed by atoms with Crippen molar-refractivity contribution in [2.24, 2.45) is 0 Å². The highest BCUT2D eigenvalue weighted by Gasteiger charge is 2.14. The number of nitrogens with zero attached hydrogens (tertiary/aromatic N) is 1. The van der Waals surface area contributed by atoms with Gasteiger partial charge in [-0.25, -0.2) is 0 Å². The maximum absolute atomic E-state index is 12.3. The molecule has 1 heterocycles. The molecule has 0 bridgehead atoms. The van der Waals surface area contributed by atoms with E-state index >= 15 is 0 Å². The number of amides is 1. The van der Waals surface area contributed by atoms with Crippen LogP contribution in [0.15, 0.2) is 53.1 Å². The predicted molar refractivity (Wildman–Crippen MR) is 104 cm³/mol. The van der Waals surface area contributed by atoms with Crippen LogP contribution in [0, 0.1) is 0 Å². The van der Waals surface area contributed by atoms with Crippen molar-refractivity contribution in [1.82, 2.24) is 10.5 Å². The summed E-state index contributed by atoms with van der Waals surface area (Å²) >= 11 is 0. The lowest BCUT2D eigenvalue weighted by atomic mass is 10.1. The molecular weight excluding hydrogens is 360 g/mol. The van der Waals surface area contributed by atoms with E-state index in [1.807, 2.05) is 42.5 Å². The fraction of sp³-hybridized carbons (Fsp3) is 0.238. The van der Waals surface area contributed by atoms with Gasteiger partial charge >= 0.3 is 0 Å². The molecule has 7 heteroatoms. The molecule has 2 aromatic carbocycles. The van der Waals surface area contributed by atoms with Crippen LogP contribution in [0.1, 0.15) is 16.1 Å². The van der Waals surface area contributed by atoms with Gasteiger partial charge in [-0.2, -0.15) is 0 Å². The number of ether oxygens (including phenoxy) is 3. The number of nitrogens with one attached hydrogen (secondary N) is 1. The maximum Gasteiger partial charge on any atom is 0.289 e. The molecule has 0 saturated carbocycles. The third kappa shape index (κ3) is 4.43. The summed E-state index contributed by atoms with van der Waals surface area (Å²) in [7, 11) is 4.79. The van der Waals surface area contributed by atoms with Gasteiger partial charge in [0, 0.05) is 18.2 Å². The van der Waals surface area contributed by atoms with Gasteiger partial charge in [0.1, 0.15) is 11.4 Å². The van der Waals surface area contributed by atoms with Crippen molar-refractivity contribution in [3.8, 4) is 28.5 Å². The monoisotopic (exact) mass is 382 g/mol. The second-order valence-electron chi connectivity index (χ2n) is 6.00. The van der Waals surface area contributed by atoms with Gasteiger partial charge in [-0.1, -0.05) is 11.2 Å². The van der Waals surface area contributed by atoms with Crippen molar-refractivity contribution >= 4 is 5.91 Å². The molecule has 3 aromatic rings. The SMILES string of the molecule is COc1ccc(-c2cc(C(=O)NCCc3ccc(OC)c(OC)c3)on2)cc1. The standard InChI is InChI=1S/C21H22N2O5/c1-25-16-7-5-15(6-8-16)17-13-20(28-23-17)21(24)22-11-10-14-4-9-18(26-2)19(12-14)27-3/h4-9,12-13H,10-11H2,1-3H3,(H,22,24). The quantitative estimate of drug-likeness (QED) is 0.643. The first-order chi connectivity index (χ1) is 13.6. The fourth-order valence-electron chi connectivity index (χ4n) is 2.72. The van der Waals surface area contributed by atoms with Crippen LogP contribution in [0.5, 0.6) is 17.2 Å². The largest absolute Gasteiger partial charge is 0.497 e. The summed E-state index contributed by atoms with van der Waals surface area (Å²) in [5, 5.41) is 6.80. The highest BCUT2D eigenvalue weighted by Crippen LogP contribution is 2.27. The molecule has 0 fully saturated rings. The predicted octanol–water partition coefficient (Wildman–Crippen LogP) is 3.34. The van der Waals surface area contributed by atoms with Crippen molar-refractivity contribution in [3.05, 3.63) is 59.9 Å². The molecule has 0 aliphatic carbocycles. The van der Waals surface area contributed by atoms with Gasteiger partial charge in [-0.3, -0.25) is 4.79 Å². The Morgan fingerprint density at radius 1 is 0.964 bits per heavy atom. The Kier molecular flexibility index (Phi) is 6.16. The van der Waals surface area contributed by atoms with E-state index in [9.17, 15) is 4.79 Å². The van der Waals surface area contributed by atoms with Gasteiger partial charge in [-0.05, 0) is 48.4 Å². The smallest absolute Gasteiger partial charge is 0.289 e. The van der Waals surface area contributed by atoms with Gasteiger partial charge in [0.2, 0.25) is 5.76 Å². The second-order valence-corrected chi connectivity index (χ2v) is 6.00. The molecule has 28 heavy (non-hydrogen) atoms. The first-order valence-electron chi connectivity index (χ1n) is 8.75. The van der Waals surface area contributed by atoms with Crippen molar-refractivity contribution in [1.29, 1.82) is 0 Å². The molecule has 0 unspecified atom stereocenters. The average Bonchev–Trinajstić information content (AvgIpc) is 3.24. The van der Waals surface area contributed by atoms with Crippen LogP contribution in [-0.4, -0.2) is 38.9 Å². The van der Waals surface area contributed by atoms with Gasteiger partial charge < -0.3 is 24.1 Å². The lowest BCUT2D eigenvalue weighted by molar-refractivity contribution is 0.0917. The Bertz CT molecular complexity index is 934.